The third-order valence-corrected chi connectivity index (χ3v) is 5.76. The van der Waals surface area contributed by atoms with Crippen LogP contribution >= 0.6 is 0 Å². The predicted molar refractivity (Wildman–Crippen MR) is 117 cm³/mol. The number of nitrogens with one attached hydrogen (secondary N) is 1. The number of allylic oxidation sites excluding steroid dienone is 3. The van der Waals surface area contributed by atoms with Crippen molar-refractivity contribution in [2.24, 2.45) is 10.9 Å². The monoisotopic (exact) mass is 370 g/mol. The van der Waals surface area contributed by atoms with Gasteiger partial charge >= 0.3 is 0 Å². The first kappa shape index (κ1) is 18.4. The van der Waals surface area contributed by atoms with Gasteiger partial charge in [0.2, 0.25) is 5.56 Å². The molecular formula is C25H26N2O. The van der Waals surface area contributed by atoms with Crippen LogP contribution in [0.3, 0.4) is 0 Å². The van der Waals surface area contributed by atoms with E-state index in [2.05, 4.69) is 56.1 Å². The zero-order valence-corrected chi connectivity index (χ0v) is 16.7. The largest absolute Gasteiger partial charge is 0.326 e. The van der Waals surface area contributed by atoms with Gasteiger partial charge in [-0.2, -0.15) is 0 Å². The number of nitrogens with zero attached hydrogens (tertiary/aromatic N) is 1. The summed E-state index contributed by atoms with van der Waals surface area (Å²) in [6.07, 6.45) is 10.4. The van der Waals surface area contributed by atoms with Crippen molar-refractivity contribution in [3.05, 3.63) is 98.5 Å². The Morgan fingerprint density at radius 1 is 1.21 bits per heavy atom. The van der Waals surface area contributed by atoms with Crippen LogP contribution in [0, 0.1) is 5.92 Å². The molecule has 2 aliphatic carbocycles. The van der Waals surface area contributed by atoms with Crippen molar-refractivity contribution in [2.45, 2.75) is 39.2 Å². The van der Waals surface area contributed by atoms with E-state index in [0.29, 0.717) is 5.92 Å². The Morgan fingerprint density at radius 2 is 2.00 bits per heavy atom. The molecule has 1 aromatic heterocycles. The molecule has 0 saturated heterocycles. The fourth-order valence-corrected chi connectivity index (χ4v) is 4.71. The number of benzene rings is 1. The van der Waals surface area contributed by atoms with Crippen molar-refractivity contribution >= 4 is 12.3 Å². The Morgan fingerprint density at radius 3 is 2.75 bits per heavy atom. The summed E-state index contributed by atoms with van der Waals surface area (Å²) in [6, 6.07) is 13.9. The number of aromatic nitrogens is 1. The van der Waals surface area contributed by atoms with E-state index in [1.54, 1.807) is 6.07 Å². The first-order valence-corrected chi connectivity index (χ1v) is 9.87. The zero-order valence-electron chi connectivity index (χ0n) is 16.7. The summed E-state index contributed by atoms with van der Waals surface area (Å²) in [5.74, 6) is 0.292. The molecule has 2 aliphatic rings. The lowest BCUT2D eigenvalue weighted by Gasteiger charge is -2.45. The van der Waals surface area contributed by atoms with Crippen LogP contribution in [0.4, 0.5) is 0 Å². The molecule has 3 nitrogen and oxygen atoms in total. The molecule has 0 unspecified atom stereocenters. The van der Waals surface area contributed by atoms with E-state index in [9.17, 15) is 4.79 Å². The van der Waals surface area contributed by atoms with Crippen molar-refractivity contribution in [3.63, 3.8) is 0 Å². The number of aliphatic imine (C=N–C) groups is 1. The molecule has 1 aromatic carbocycles. The molecule has 1 N–H and O–H groups in total. The lowest BCUT2D eigenvalue weighted by atomic mass is 9.63. The Hall–Kier alpha value is -2.94. The van der Waals surface area contributed by atoms with E-state index in [4.69, 9.17) is 4.99 Å². The summed E-state index contributed by atoms with van der Waals surface area (Å²) < 4.78 is 0. The molecule has 0 amide bonds. The maximum Gasteiger partial charge on any atom is 0.248 e. The lowest BCUT2D eigenvalue weighted by Crippen LogP contribution is -2.40. The second kappa shape index (κ2) is 7.23. The Kier molecular flexibility index (Phi) is 4.76. The van der Waals surface area contributed by atoms with Gasteiger partial charge in [-0.05, 0) is 50.0 Å². The number of H-pyrrole nitrogens is 1. The van der Waals surface area contributed by atoms with Gasteiger partial charge in [0.05, 0.1) is 0 Å². The van der Waals surface area contributed by atoms with Crippen LogP contribution in [-0.2, 0) is 12.0 Å². The summed E-state index contributed by atoms with van der Waals surface area (Å²) >= 11 is 0. The van der Waals surface area contributed by atoms with E-state index >= 15 is 0 Å². The number of pyridine rings is 1. The minimum Gasteiger partial charge on any atom is -0.326 e. The van der Waals surface area contributed by atoms with Crippen LogP contribution in [0.2, 0.25) is 0 Å². The average Bonchev–Trinajstić information content (AvgIpc) is 2.66. The minimum atomic E-state index is -0.429. The molecular weight excluding hydrogens is 344 g/mol. The molecule has 4 rings (SSSR count). The molecule has 2 aromatic rings. The van der Waals surface area contributed by atoms with Crippen LogP contribution in [0.15, 0.2) is 81.1 Å². The highest BCUT2D eigenvalue weighted by atomic mass is 16.1. The number of aromatic amines is 1. The van der Waals surface area contributed by atoms with Gasteiger partial charge in [0.25, 0.3) is 0 Å². The molecule has 2 bridgehead atoms. The van der Waals surface area contributed by atoms with E-state index in [-0.39, 0.29) is 5.56 Å². The molecule has 142 valence electrons. The lowest BCUT2D eigenvalue weighted by molar-refractivity contribution is 0.413. The van der Waals surface area contributed by atoms with Gasteiger partial charge < -0.3 is 4.98 Å². The molecule has 3 heteroatoms. The van der Waals surface area contributed by atoms with Crippen molar-refractivity contribution in [2.75, 3.05) is 0 Å². The molecule has 0 spiro atoms. The second-order valence-electron chi connectivity index (χ2n) is 7.88. The highest BCUT2D eigenvalue weighted by Crippen LogP contribution is 2.51. The van der Waals surface area contributed by atoms with Crippen molar-refractivity contribution in [1.82, 2.24) is 4.98 Å². The van der Waals surface area contributed by atoms with Crippen LogP contribution in [-0.4, -0.2) is 11.2 Å². The zero-order chi connectivity index (χ0) is 19.7. The Labute approximate surface area is 166 Å². The van der Waals surface area contributed by atoms with Crippen LogP contribution in [0.1, 0.15) is 44.0 Å². The van der Waals surface area contributed by atoms with Gasteiger partial charge in [-0.1, -0.05) is 54.1 Å². The number of hydrogen-bond acceptors (Lipinski definition) is 2. The Bertz CT molecular complexity index is 1070. The van der Waals surface area contributed by atoms with Gasteiger partial charge in [-0.3, -0.25) is 9.79 Å². The number of hydrogen-bond donors (Lipinski definition) is 1. The van der Waals surface area contributed by atoms with Crippen LogP contribution < -0.4 is 5.56 Å². The maximum atomic E-state index is 11.9. The van der Waals surface area contributed by atoms with E-state index in [0.717, 1.165) is 29.7 Å². The van der Waals surface area contributed by atoms with Crippen molar-refractivity contribution in [1.29, 1.82) is 0 Å². The van der Waals surface area contributed by atoms with E-state index in [1.165, 1.54) is 16.7 Å². The van der Waals surface area contributed by atoms with Gasteiger partial charge in [-0.25, -0.2) is 0 Å². The van der Waals surface area contributed by atoms with Crippen molar-refractivity contribution in [3.8, 4) is 0 Å². The first-order chi connectivity index (χ1) is 13.5. The molecule has 2 atom stereocenters. The van der Waals surface area contributed by atoms with Gasteiger partial charge in [0, 0.05) is 35.9 Å². The van der Waals surface area contributed by atoms with Crippen LogP contribution in [0.5, 0.6) is 0 Å². The highest BCUT2D eigenvalue weighted by molar-refractivity contribution is 5.85. The van der Waals surface area contributed by atoms with E-state index < -0.39 is 5.54 Å². The highest BCUT2D eigenvalue weighted by Gasteiger charge is 2.46. The fourth-order valence-electron chi connectivity index (χ4n) is 4.71. The maximum absolute atomic E-state index is 11.9. The van der Waals surface area contributed by atoms with E-state index in [1.807, 2.05) is 30.5 Å². The standard InChI is InChI=1S/C25H26N2O/c1-4-21-20-13-17(2)15-25(21,22-10-11-24(28)27-23(22)14-20)26-16-18(3)12-19-8-6-5-7-9-19/h4-13,16,20H,14-15H2,1-3H3,(H,27,28)/b18-12?,21-4+,26-16?/t20-,25+/m0/s1. The smallest absolute Gasteiger partial charge is 0.248 e. The SMILES string of the molecule is C/C=C1\[C@H]2C=C(C)C[C@]1(N=CC(C)=Cc1ccccc1)c1ccc(=O)[nH]c1C2. The summed E-state index contributed by atoms with van der Waals surface area (Å²) in [5.41, 5.74) is 6.65. The fraction of sp³-hybridized carbons (Fsp3) is 0.280. The summed E-state index contributed by atoms with van der Waals surface area (Å²) in [5, 5.41) is 0. The van der Waals surface area contributed by atoms with Crippen LogP contribution in [0.25, 0.3) is 6.08 Å². The average molecular weight is 370 g/mol. The Balaban J connectivity index is 1.83. The molecule has 1 heterocycles. The van der Waals surface area contributed by atoms with Gasteiger partial charge in [-0.15, -0.1) is 0 Å². The number of rotatable bonds is 3. The topological polar surface area (TPSA) is 45.2 Å². The van der Waals surface area contributed by atoms with Crippen molar-refractivity contribution < 1.29 is 0 Å². The predicted octanol–water partition coefficient (Wildman–Crippen LogP) is 5.21. The first-order valence-electron chi connectivity index (χ1n) is 9.87. The molecule has 28 heavy (non-hydrogen) atoms. The molecule has 0 radical (unpaired) electrons. The summed E-state index contributed by atoms with van der Waals surface area (Å²) in [7, 11) is 0. The molecule has 0 fully saturated rings. The normalized spacial score (nSPS) is 25.7. The quantitative estimate of drug-likeness (QED) is 0.585. The minimum absolute atomic E-state index is 0.0410. The molecule has 0 aliphatic heterocycles. The third-order valence-electron chi connectivity index (χ3n) is 5.76. The summed E-state index contributed by atoms with van der Waals surface area (Å²) in [6.45, 7) is 6.37. The van der Waals surface area contributed by atoms with Gasteiger partial charge in [0.15, 0.2) is 0 Å². The van der Waals surface area contributed by atoms with Gasteiger partial charge in [0.1, 0.15) is 5.54 Å². The number of fused-ring (bicyclic) bond motifs is 4. The second-order valence-corrected chi connectivity index (χ2v) is 7.88. The summed E-state index contributed by atoms with van der Waals surface area (Å²) in [4.78, 5) is 20.2. The molecule has 0 saturated carbocycles. The third kappa shape index (κ3) is 3.22.